The third-order valence-corrected chi connectivity index (χ3v) is 2.53. The Hall–Kier alpha value is -1.02. The molecule has 0 fully saturated rings. The smallest absolute Gasteiger partial charge is 0.119 e. The highest BCUT2D eigenvalue weighted by atomic mass is 16.5. The quantitative estimate of drug-likeness (QED) is 0.824. The molecule has 0 aromatic heterocycles. The summed E-state index contributed by atoms with van der Waals surface area (Å²) >= 11 is 0. The fraction of sp³-hybridized carbons (Fsp3) is 0.538. The number of aliphatic hydroxyl groups excluding tert-OH is 1. The first-order valence-electron chi connectivity index (χ1n) is 5.37. The van der Waals surface area contributed by atoms with Crippen LogP contribution in [0.5, 0.6) is 5.75 Å². The SMILES string of the molecule is COc1ccc(C(O)CC(C)C)c(C)c1. The largest absolute Gasteiger partial charge is 0.497 e. The summed E-state index contributed by atoms with van der Waals surface area (Å²) in [6, 6.07) is 5.80. The summed E-state index contributed by atoms with van der Waals surface area (Å²) in [7, 11) is 1.65. The van der Waals surface area contributed by atoms with Crippen molar-refractivity contribution in [2.75, 3.05) is 7.11 Å². The molecule has 0 saturated heterocycles. The van der Waals surface area contributed by atoms with E-state index < -0.39 is 0 Å². The van der Waals surface area contributed by atoms with Crippen LogP contribution in [0.1, 0.15) is 37.5 Å². The zero-order chi connectivity index (χ0) is 11.4. The molecular formula is C13H20O2. The number of aliphatic hydroxyl groups is 1. The minimum absolute atomic E-state index is 0.365. The van der Waals surface area contributed by atoms with Crippen LogP contribution in [0.15, 0.2) is 18.2 Å². The van der Waals surface area contributed by atoms with Crippen LogP contribution in [-0.2, 0) is 0 Å². The lowest BCUT2D eigenvalue weighted by atomic mass is 9.96. The predicted molar refractivity (Wildman–Crippen MR) is 62.1 cm³/mol. The van der Waals surface area contributed by atoms with Crippen LogP contribution in [0.2, 0.25) is 0 Å². The van der Waals surface area contributed by atoms with Crippen LogP contribution in [0, 0.1) is 12.8 Å². The fourth-order valence-corrected chi connectivity index (χ4v) is 1.72. The van der Waals surface area contributed by atoms with Crippen LogP contribution >= 0.6 is 0 Å². The van der Waals surface area contributed by atoms with Crippen molar-refractivity contribution in [3.05, 3.63) is 29.3 Å². The van der Waals surface area contributed by atoms with E-state index in [0.29, 0.717) is 5.92 Å². The Morgan fingerprint density at radius 1 is 1.33 bits per heavy atom. The zero-order valence-electron chi connectivity index (χ0n) is 9.95. The second kappa shape index (κ2) is 5.17. The molecular weight excluding hydrogens is 188 g/mol. The zero-order valence-corrected chi connectivity index (χ0v) is 9.95. The first-order valence-corrected chi connectivity index (χ1v) is 5.37. The van der Waals surface area contributed by atoms with E-state index in [2.05, 4.69) is 13.8 Å². The van der Waals surface area contributed by atoms with Gasteiger partial charge in [0.15, 0.2) is 0 Å². The van der Waals surface area contributed by atoms with Gasteiger partial charge in [0, 0.05) is 0 Å². The molecule has 1 atom stereocenters. The predicted octanol–water partition coefficient (Wildman–Crippen LogP) is 3.08. The van der Waals surface area contributed by atoms with E-state index in [1.807, 2.05) is 25.1 Å². The highest BCUT2D eigenvalue weighted by Gasteiger charge is 2.12. The second-order valence-corrected chi connectivity index (χ2v) is 4.37. The lowest BCUT2D eigenvalue weighted by molar-refractivity contribution is 0.150. The van der Waals surface area contributed by atoms with E-state index in [1.54, 1.807) is 7.11 Å². The van der Waals surface area contributed by atoms with Gasteiger partial charge in [0.1, 0.15) is 5.75 Å². The van der Waals surface area contributed by atoms with E-state index in [9.17, 15) is 5.11 Å². The highest BCUT2D eigenvalue weighted by molar-refractivity contribution is 5.35. The van der Waals surface area contributed by atoms with Crippen molar-refractivity contribution >= 4 is 0 Å². The molecule has 0 aliphatic heterocycles. The van der Waals surface area contributed by atoms with Crippen LogP contribution in [-0.4, -0.2) is 12.2 Å². The van der Waals surface area contributed by atoms with Gasteiger partial charge in [-0.25, -0.2) is 0 Å². The molecule has 1 N–H and O–H groups in total. The summed E-state index contributed by atoms with van der Waals surface area (Å²) < 4.78 is 5.13. The number of aryl methyl sites for hydroxylation is 1. The maximum absolute atomic E-state index is 9.99. The van der Waals surface area contributed by atoms with Crippen molar-refractivity contribution in [3.63, 3.8) is 0 Å². The van der Waals surface area contributed by atoms with Gasteiger partial charge >= 0.3 is 0 Å². The van der Waals surface area contributed by atoms with Crippen molar-refractivity contribution in [1.82, 2.24) is 0 Å². The molecule has 0 heterocycles. The van der Waals surface area contributed by atoms with Crippen molar-refractivity contribution < 1.29 is 9.84 Å². The summed E-state index contributed by atoms with van der Waals surface area (Å²) in [6.07, 6.45) is 0.434. The Bertz CT molecular complexity index is 318. The molecule has 0 saturated carbocycles. The summed E-state index contributed by atoms with van der Waals surface area (Å²) in [6.45, 7) is 6.23. The molecule has 1 aromatic carbocycles. The summed E-state index contributed by atoms with van der Waals surface area (Å²) in [5.41, 5.74) is 2.09. The highest BCUT2D eigenvalue weighted by Crippen LogP contribution is 2.26. The molecule has 2 nitrogen and oxygen atoms in total. The summed E-state index contributed by atoms with van der Waals surface area (Å²) in [4.78, 5) is 0. The van der Waals surface area contributed by atoms with Gasteiger partial charge < -0.3 is 9.84 Å². The lowest BCUT2D eigenvalue weighted by Crippen LogP contribution is -2.04. The normalized spacial score (nSPS) is 12.9. The molecule has 0 bridgehead atoms. The maximum Gasteiger partial charge on any atom is 0.119 e. The lowest BCUT2D eigenvalue weighted by Gasteiger charge is -2.16. The van der Waals surface area contributed by atoms with E-state index in [1.165, 1.54) is 0 Å². The first-order chi connectivity index (χ1) is 7.04. The van der Waals surface area contributed by atoms with E-state index in [4.69, 9.17) is 4.74 Å². The van der Waals surface area contributed by atoms with Crippen molar-refractivity contribution in [3.8, 4) is 5.75 Å². The second-order valence-electron chi connectivity index (χ2n) is 4.37. The van der Waals surface area contributed by atoms with Crippen molar-refractivity contribution in [2.24, 2.45) is 5.92 Å². The molecule has 84 valence electrons. The molecule has 15 heavy (non-hydrogen) atoms. The monoisotopic (exact) mass is 208 g/mol. The number of rotatable bonds is 4. The molecule has 0 aliphatic carbocycles. The van der Waals surface area contributed by atoms with Crippen molar-refractivity contribution in [2.45, 2.75) is 33.3 Å². The topological polar surface area (TPSA) is 29.5 Å². The third-order valence-electron chi connectivity index (χ3n) is 2.53. The van der Waals surface area contributed by atoms with Gasteiger partial charge in [-0.1, -0.05) is 19.9 Å². The van der Waals surface area contributed by atoms with Gasteiger partial charge in [-0.15, -0.1) is 0 Å². The number of hydrogen-bond donors (Lipinski definition) is 1. The standard InChI is InChI=1S/C13H20O2/c1-9(2)7-13(14)12-6-5-11(15-4)8-10(12)3/h5-6,8-9,13-14H,7H2,1-4H3. The van der Waals surface area contributed by atoms with Crippen molar-refractivity contribution in [1.29, 1.82) is 0 Å². The van der Waals surface area contributed by atoms with Gasteiger partial charge in [-0.2, -0.15) is 0 Å². The molecule has 0 amide bonds. The van der Waals surface area contributed by atoms with Gasteiger partial charge in [-0.05, 0) is 42.5 Å². The van der Waals surface area contributed by atoms with E-state index >= 15 is 0 Å². The first kappa shape index (κ1) is 12.1. The molecule has 1 rings (SSSR count). The molecule has 0 radical (unpaired) electrons. The minimum atomic E-state index is -0.365. The van der Waals surface area contributed by atoms with Gasteiger partial charge in [0.2, 0.25) is 0 Å². The van der Waals surface area contributed by atoms with Gasteiger partial charge in [0.05, 0.1) is 13.2 Å². The van der Waals surface area contributed by atoms with Crippen LogP contribution in [0.25, 0.3) is 0 Å². The Labute approximate surface area is 91.9 Å². The van der Waals surface area contributed by atoms with E-state index in [0.717, 1.165) is 23.3 Å². The molecule has 1 unspecified atom stereocenters. The average Bonchev–Trinajstić information content (AvgIpc) is 2.16. The van der Waals surface area contributed by atoms with Crippen LogP contribution in [0.4, 0.5) is 0 Å². The number of methoxy groups -OCH3 is 1. The Balaban J connectivity index is 2.85. The maximum atomic E-state index is 9.99. The fourth-order valence-electron chi connectivity index (χ4n) is 1.72. The minimum Gasteiger partial charge on any atom is -0.497 e. The summed E-state index contributed by atoms with van der Waals surface area (Å²) in [5.74, 6) is 1.34. The third kappa shape index (κ3) is 3.24. The average molecular weight is 208 g/mol. The van der Waals surface area contributed by atoms with E-state index in [-0.39, 0.29) is 6.10 Å². The van der Waals surface area contributed by atoms with Crippen LogP contribution in [0.3, 0.4) is 0 Å². The summed E-state index contributed by atoms with van der Waals surface area (Å²) in [5, 5.41) is 9.99. The number of benzene rings is 1. The molecule has 0 spiro atoms. The number of hydrogen-bond acceptors (Lipinski definition) is 2. The Morgan fingerprint density at radius 2 is 2.00 bits per heavy atom. The number of ether oxygens (including phenoxy) is 1. The molecule has 1 aromatic rings. The molecule has 2 heteroatoms. The molecule has 0 aliphatic rings. The van der Waals surface area contributed by atoms with Crippen LogP contribution < -0.4 is 4.74 Å². The van der Waals surface area contributed by atoms with Gasteiger partial charge in [-0.3, -0.25) is 0 Å². The van der Waals surface area contributed by atoms with Gasteiger partial charge in [0.25, 0.3) is 0 Å². The Morgan fingerprint density at radius 3 is 2.47 bits per heavy atom. The Kier molecular flexibility index (Phi) is 4.15.